The molecule has 4 heterocycles. The maximum absolute atomic E-state index is 11.1. The number of para-hydroxylation sites is 2. The molecular weight excluding hydrogens is 889 g/mol. The number of thioether (sulfide) groups is 2. The van der Waals surface area contributed by atoms with Crippen LogP contribution in [0.1, 0.15) is 9.75 Å². The van der Waals surface area contributed by atoms with Crippen molar-refractivity contribution < 1.29 is 10.2 Å². The Hall–Kier alpha value is -4.41. The maximum atomic E-state index is 11.1. The summed E-state index contributed by atoms with van der Waals surface area (Å²) in [6.45, 7) is 0.762. The molecule has 2 unspecified atom stereocenters. The monoisotopic (exact) mass is 930 g/mol. The van der Waals surface area contributed by atoms with Gasteiger partial charge in [-0.2, -0.15) is 10.2 Å². The summed E-state index contributed by atoms with van der Waals surface area (Å²) in [5, 5.41) is 39.8. The van der Waals surface area contributed by atoms with Gasteiger partial charge in [0.2, 0.25) is 0 Å². The van der Waals surface area contributed by atoms with E-state index in [-0.39, 0.29) is 0 Å². The van der Waals surface area contributed by atoms with E-state index in [4.69, 9.17) is 10.2 Å². The van der Waals surface area contributed by atoms with Crippen molar-refractivity contribution in [2.45, 2.75) is 31.8 Å². The molecule has 0 aliphatic rings. The van der Waals surface area contributed by atoms with Gasteiger partial charge in [0.25, 0.3) is 0 Å². The van der Waals surface area contributed by atoms with Crippen molar-refractivity contribution in [2.75, 3.05) is 34.6 Å². The van der Waals surface area contributed by atoms with Crippen LogP contribution >= 0.6 is 80.6 Å². The standard InChI is InChI=1S/C48H42N4O2S7/c53-37(31-51(35-9-3-1-4-10-35)49-29-43-23-25-47(60-43)45-13-7-27-55-45)33-57-39-15-19-41(20-16-39)59-42-21-17-40(18-22-42)58-34-38(54)32-52(36-11-5-2-6-12-36)50-30-44-24-26-48(61-44)46-14-8-28-56-46/h1-30,37-38,53-54H,31-34H2. The first-order valence-corrected chi connectivity index (χ1v) is 25.7. The fraction of sp³-hybridized carbons (Fsp3) is 0.125. The van der Waals surface area contributed by atoms with E-state index in [9.17, 15) is 10.2 Å². The molecule has 0 aliphatic heterocycles. The minimum Gasteiger partial charge on any atom is -0.390 e. The highest BCUT2D eigenvalue weighted by Crippen LogP contribution is 2.34. The van der Waals surface area contributed by atoms with Crippen molar-refractivity contribution in [3.63, 3.8) is 0 Å². The second-order valence-corrected chi connectivity index (χ2v) is 21.1. The predicted molar refractivity (Wildman–Crippen MR) is 268 cm³/mol. The molecule has 0 saturated carbocycles. The zero-order valence-electron chi connectivity index (χ0n) is 32.8. The van der Waals surface area contributed by atoms with Crippen LogP contribution < -0.4 is 10.0 Å². The molecule has 0 radical (unpaired) electrons. The molecule has 13 heteroatoms. The minimum atomic E-state index is -0.586. The highest BCUT2D eigenvalue weighted by Gasteiger charge is 2.15. The number of thiophene rings is 4. The SMILES string of the molecule is OC(CSc1ccc(Sc2ccc(SCC(O)CN(N=Cc3ccc(-c4cccs4)s3)c3ccccc3)cc2)cc1)CN(N=Cc1ccc(-c2cccs2)s1)c1ccccc1. The van der Waals surface area contributed by atoms with Crippen LogP contribution in [0.4, 0.5) is 11.4 Å². The van der Waals surface area contributed by atoms with Crippen LogP contribution in [-0.2, 0) is 0 Å². The first kappa shape index (κ1) is 43.2. The Kier molecular flexibility index (Phi) is 15.7. The van der Waals surface area contributed by atoms with Crippen LogP contribution in [0.3, 0.4) is 0 Å². The van der Waals surface area contributed by atoms with Gasteiger partial charge in [-0.3, -0.25) is 10.0 Å². The quantitative estimate of drug-likeness (QED) is 0.0448. The number of rotatable bonds is 20. The number of benzene rings is 4. The van der Waals surface area contributed by atoms with Crippen molar-refractivity contribution in [1.82, 2.24) is 0 Å². The number of hydrogen-bond donors (Lipinski definition) is 2. The van der Waals surface area contributed by atoms with E-state index in [2.05, 4.69) is 108 Å². The predicted octanol–water partition coefficient (Wildman–Crippen LogP) is 13.4. The van der Waals surface area contributed by atoms with E-state index in [1.807, 2.05) is 83.1 Å². The topological polar surface area (TPSA) is 71.7 Å². The van der Waals surface area contributed by atoms with Gasteiger partial charge in [-0.1, -0.05) is 60.3 Å². The average molecular weight is 931 g/mol. The van der Waals surface area contributed by atoms with Gasteiger partial charge in [0, 0.05) is 60.4 Å². The van der Waals surface area contributed by atoms with Crippen LogP contribution in [0.25, 0.3) is 19.5 Å². The van der Waals surface area contributed by atoms with Crippen LogP contribution in [0, 0.1) is 0 Å². The molecule has 8 rings (SSSR count). The summed E-state index contributed by atoms with van der Waals surface area (Å²) in [6, 6.07) is 53.9. The van der Waals surface area contributed by atoms with Gasteiger partial charge in [0.1, 0.15) is 0 Å². The summed E-state index contributed by atoms with van der Waals surface area (Å²) >= 11 is 11.9. The smallest absolute Gasteiger partial charge is 0.0830 e. The molecule has 8 aromatic rings. The number of anilines is 2. The van der Waals surface area contributed by atoms with E-state index < -0.39 is 12.2 Å². The molecule has 2 N–H and O–H groups in total. The lowest BCUT2D eigenvalue weighted by atomic mass is 10.3. The Morgan fingerprint density at radius 3 is 1.26 bits per heavy atom. The highest BCUT2D eigenvalue weighted by atomic mass is 32.2. The number of aliphatic hydroxyl groups is 2. The average Bonchev–Trinajstić information content (AvgIpc) is 4.16. The van der Waals surface area contributed by atoms with Crippen molar-refractivity contribution in [3.8, 4) is 19.5 Å². The van der Waals surface area contributed by atoms with E-state index in [0.717, 1.165) is 40.7 Å². The summed E-state index contributed by atoms with van der Waals surface area (Å²) < 4.78 is 0. The second kappa shape index (κ2) is 22.1. The van der Waals surface area contributed by atoms with Crippen molar-refractivity contribution >= 4 is 104 Å². The zero-order chi connectivity index (χ0) is 41.6. The Balaban J connectivity index is 0.797. The summed E-state index contributed by atoms with van der Waals surface area (Å²) in [5.41, 5.74) is 1.88. The van der Waals surface area contributed by atoms with Gasteiger partial charge >= 0.3 is 0 Å². The molecule has 0 saturated heterocycles. The van der Waals surface area contributed by atoms with Crippen LogP contribution in [0.5, 0.6) is 0 Å². The second-order valence-electron chi connectivity index (χ2n) is 13.7. The Morgan fingerprint density at radius 2 is 0.869 bits per heavy atom. The molecule has 0 spiro atoms. The zero-order valence-corrected chi connectivity index (χ0v) is 38.6. The normalized spacial score (nSPS) is 12.6. The molecule has 61 heavy (non-hydrogen) atoms. The maximum Gasteiger partial charge on any atom is 0.0830 e. The van der Waals surface area contributed by atoms with Crippen LogP contribution in [0.2, 0.25) is 0 Å². The van der Waals surface area contributed by atoms with Crippen molar-refractivity contribution in [1.29, 1.82) is 0 Å². The number of hydrogen-bond acceptors (Lipinski definition) is 13. The summed E-state index contributed by atoms with van der Waals surface area (Å²) in [5.74, 6) is 1.09. The summed E-state index contributed by atoms with van der Waals surface area (Å²) in [6.07, 6.45) is 2.60. The molecule has 0 bridgehead atoms. The molecule has 308 valence electrons. The Labute approximate surface area is 386 Å². The molecule has 2 atom stereocenters. The Bertz CT molecular complexity index is 2380. The van der Waals surface area contributed by atoms with E-state index in [1.54, 1.807) is 80.6 Å². The fourth-order valence-electron chi connectivity index (χ4n) is 6.07. The minimum absolute atomic E-state index is 0.381. The Morgan fingerprint density at radius 1 is 0.459 bits per heavy atom. The van der Waals surface area contributed by atoms with E-state index in [0.29, 0.717) is 24.6 Å². The lowest BCUT2D eigenvalue weighted by Crippen LogP contribution is -2.30. The molecule has 0 amide bonds. The molecule has 0 fully saturated rings. The molecule has 4 aromatic carbocycles. The number of nitrogens with zero attached hydrogens (tertiary/aromatic N) is 4. The van der Waals surface area contributed by atoms with Crippen LogP contribution in [0.15, 0.2) is 198 Å². The van der Waals surface area contributed by atoms with Gasteiger partial charge < -0.3 is 10.2 Å². The van der Waals surface area contributed by atoms with Gasteiger partial charge in [0.15, 0.2) is 0 Å². The first-order valence-electron chi connectivity index (χ1n) is 19.5. The van der Waals surface area contributed by atoms with Crippen molar-refractivity contribution in [3.05, 3.63) is 178 Å². The summed E-state index contributed by atoms with van der Waals surface area (Å²) in [4.78, 5) is 11.6. The van der Waals surface area contributed by atoms with Crippen LogP contribution in [-0.4, -0.2) is 59.4 Å². The molecule has 0 aliphatic carbocycles. The molecule has 4 aromatic heterocycles. The number of aliphatic hydroxyl groups excluding tert-OH is 2. The molecule has 6 nitrogen and oxygen atoms in total. The van der Waals surface area contributed by atoms with E-state index in [1.165, 1.54) is 19.5 Å². The third kappa shape index (κ3) is 12.8. The van der Waals surface area contributed by atoms with Gasteiger partial charge in [0.05, 0.1) is 49.1 Å². The van der Waals surface area contributed by atoms with E-state index >= 15 is 0 Å². The highest BCUT2D eigenvalue weighted by molar-refractivity contribution is 8.00. The summed E-state index contributed by atoms with van der Waals surface area (Å²) in [7, 11) is 0. The fourth-order valence-corrected chi connectivity index (χ4v) is 11.9. The lowest BCUT2D eigenvalue weighted by molar-refractivity contribution is 0.204. The van der Waals surface area contributed by atoms with Crippen molar-refractivity contribution in [2.24, 2.45) is 10.2 Å². The largest absolute Gasteiger partial charge is 0.390 e. The van der Waals surface area contributed by atoms with Gasteiger partial charge in [-0.05, 0) is 120 Å². The van der Waals surface area contributed by atoms with Gasteiger partial charge in [-0.25, -0.2) is 0 Å². The third-order valence-electron chi connectivity index (χ3n) is 9.07. The lowest BCUT2D eigenvalue weighted by Gasteiger charge is -2.22. The van der Waals surface area contributed by atoms with Gasteiger partial charge in [-0.15, -0.1) is 68.9 Å². The molecular formula is C48H42N4O2S7. The number of hydrazone groups is 2. The third-order valence-corrected chi connectivity index (χ3v) is 16.6. The first-order chi connectivity index (χ1) is 30.0.